The van der Waals surface area contributed by atoms with E-state index in [9.17, 15) is 0 Å². The van der Waals surface area contributed by atoms with Gasteiger partial charge in [-0.1, -0.05) is 17.7 Å². The number of halogens is 1. The molecule has 4 nitrogen and oxygen atoms in total. The maximum absolute atomic E-state index is 6.24. The number of nitrogens with one attached hydrogen (secondary N) is 1. The van der Waals surface area contributed by atoms with E-state index in [1.54, 1.807) is 0 Å². The van der Waals surface area contributed by atoms with Crippen molar-refractivity contribution in [2.24, 2.45) is 0 Å². The van der Waals surface area contributed by atoms with Gasteiger partial charge in [-0.2, -0.15) is 5.10 Å². The molecule has 0 fully saturated rings. The normalized spacial score (nSPS) is 10.5. The highest BCUT2D eigenvalue weighted by Crippen LogP contribution is 2.32. The minimum absolute atomic E-state index is 0.731. The summed E-state index contributed by atoms with van der Waals surface area (Å²) in [4.78, 5) is 2.02. The molecule has 1 aromatic carbocycles. The number of aryl methyl sites for hydroxylation is 1. The summed E-state index contributed by atoms with van der Waals surface area (Å²) in [5.41, 5.74) is 3.19. The predicted molar refractivity (Wildman–Crippen MR) is 81.0 cm³/mol. The molecule has 0 atom stereocenters. The SMILES string of the molecule is CCn1nccc1CNc1cccc(Cl)c1N(C)C. The maximum Gasteiger partial charge on any atom is 0.0786 e. The van der Waals surface area contributed by atoms with Crippen molar-refractivity contribution in [2.75, 3.05) is 24.3 Å². The van der Waals surface area contributed by atoms with Crippen molar-refractivity contribution in [3.8, 4) is 0 Å². The van der Waals surface area contributed by atoms with Crippen LogP contribution in [0.4, 0.5) is 11.4 Å². The first kappa shape index (κ1) is 13.7. The molecule has 0 radical (unpaired) electrons. The third kappa shape index (κ3) is 3.01. The molecule has 0 amide bonds. The Kier molecular flexibility index (Phi) is 4.32. The Bertz CT molecular complexity index is 548. The molecule has 0 bridgehead atoms. The van der Waals surface area contributed by atoms with Crippen molar-refractivity contribution in [3.63, 3.8) is 0 Å². The molecule has 102 valence electrons. The summed E-state index contributed by atoms with van der Waals surface area (Å²) in [6.45, 7) is 3.69. The number of rotatable bonds is 5. The van der Waals surface area contributed by atoms with E-state index in [-0.39, 0.29) is 0 Å². The van der Waals surface area contributed by atoms with E-state index in [0.717, 1.165) is 35.2 Å². The van der Waals surface area contributed by atoms with Gasteiger partial charge >= 0.3 is 0 Å². The van der Waals surface area contributed by atoms with Crippen LogP contribution in [0, 0.1) is 0 Å². The molecule has 0 aliphatic carbocycles. The molecule has 1 N–H and O–H groups in total. The highest BCUT2D eigenvalue weighted by Gasteiger charge is 2.09. The van der Waals surface area contributed by atoms with Crippen molar-refractivity contribution >= 4 is 23.0 Å². The van der Waals surface area contributed by atoms with E-state index in [2.05, 4.69) is 17.3 Å². The third-order valence-electron chi connectivity index (χ3n) is 3.00. The highest BCUT2D eigenvalue weighted by molar-refractivity contribution is 6.34. The summed E-state index contributed by atoms with van der Waals surface area (Å²) in [5.74, 6) is 0. The Labute approximate surface area is 119 Å². The number of para-hydroxylation sites is 1. The fourth-order valence-electron chi connectivity index (χ4n) is 2.09. The van der Waals surface area contributed by atoms with E-state index in [0.29, 0.717) is 0 Å². The molecule has 19 heavy (non-hydrogen) atoms. The molecule has 0 spiro atoms. The molecule has 5 heteroatoms. The second-order valence-electron chi connectivity index (χ2n) is 4.52. The number of hydrogen-bond donors (Lipinski definition) is 1. The molecule has 0 aliphatic rings. The Balaban J connectivity index is 2.18. The van der Waals surface area contributed by atoms with Crippen molar-refractivity contribution in [1.29, 1.82) is 0 Å². The van der Waals surface area contributed by atoms with Crippen molar-refractivity contribution in [2.45, 2.75) is 20.0 Å². The Morgan fingerprint density at radius 2 is 2.11 bits per heavy atom. The second-order valence-corrected chi connectivity index (χ2v) is 4.93. The number of hydrogen-bond acceptors (Lipinski definition) is 3. The molecule has 2 aromatic rings. The average Bonchev–Trinajstić information content (AvgIpc) is 2.83. The number of nitrogens with zero attached hydrogens (tertiary/aromatic N) is 3. The molecule has 2 rings (SSSR count). The minimum Gasteiger partial charge on any atom is -0.378 e. The molecule has 0 unspecified atom stereocenters. The first-order chi connectivity index (χ1) is 9.13. The summed E-state index contributed by atoms with van der Waals surface area (Å²) >= 11 is 6.24. The van der Waals surface area contributed by atoms with Gasteiger partial charge in [-0.25, -0.2) is 0 Å². The van der Waals surface area contributed by atoms with Crippen LogP contribution in [0.3, 0.4) is 0 Å². The van der Waals surface area contributed by atoms with Crippen LogP contribution in [0.1, 0.15) is 12.6 Å². The van der Waals surface area contributed by atoms with Crippen molar-refractivity contribution in [1.82, 2.24) is 9.78 Å². The van der Waals surface area contributed by atoms with Gasteiger partial charge in [0.05, 0.1) is 28.6 Å². The van der Waals surface area contributed by atoms with Crippen LogP contribution in [0.25, 0.3) is 0 Å². The van der Waals surface area contributed by atoms with Crippen LogP contribution in [0.5, 0.6) is 0 Å². The van der Waals surface area contributed by atoms with Crippen LogP contribution in [0.2, 0.25) is 5.02 Å². The quantitative estimate of drug-likeness (QED) is 0.911. The van der Waals surface area contributed by atoms with Gasteiger partial charge < -0.3 is 10.2 Å². The molecule has 0 aliphatic heterocycles. The summed E-state index contributed by atoms with van der Waals surface area (Å²) in [6, 6.07) is 7.91. The third-order valence-corrected chi connectivity index (χ3v) is 3.30. The summed E-state index contributed by atoms with van der Waals surface area (Å²) in [5, 5.41) is 8.44. The minimum atomic E-state index is 0.731. The molecule has 1 heterocycles. The van der Waals surface area contributed by atoms with Crippen LogP contribution < -0.4 is 10.2 Å². The lowest BCUT2D eigenvalue weighted by atomic mass is 10.2. The van der Waals surface area contributed by atoms with Crippen molar-refractivity contribution in [3.05, 3.63) is 41.2 Å². The first-order valence-corrected chi connectivity index (χ1v) is 6.71. The lowest BCUT2D eigenvalue weighted by Gasteiger charge is -2.20. The average molecular weight is 279 g/mol. The zero-order valence-electron chi connectivity index (χ0n) is 11.5. The van der Waals surface area contributed by atoms with Gasteiger partial charge in [-0.3, -0.25) is 4.68 Å². The fraction of sp³-hybridized carbons (Fsp3) is 0.357. The van der Waals surface area contributed by atoms with E-state index < -0.39 is 0 Å². The van der Waals surface area contributed by atoms with Gasteiger partial charge in [0.25, 0.3) is 0 Å². The van der Waals surface area contributed by atoms with Crippen LogP contribution in [0.15, 0.2) is 30.5 Å². The predicted octanol–water partition coefficient (Wildman–Crippen LogP) is 3.23. The fourth-order valence-corrected chi connectivity index (χ4v) is 2.44. The maximum atomic E-state index is 6.24. The van der Waals surface area contributed by atoms with Gasteiger partial charge in [0.2, 0.25) is 0 Å². The summed E-state index contributed by atoms with van der Waals surface area (Å²) in [6.07, 6.45) is 1.82. The smallest absolute Gasteiger partial charge is 0.0786 e. The monoisotopic (exact) mass is 278 g/mol. The van der Waals surface area contributed by atoms with Gasteiger partial charge in [-0.05, 0) is 25.1 Å². The molecular weight excluding hydrogens is 260 g/mol. The largest absolute Gasteiger partial charge is 0.378 e. The zero-order chi connectivity index (χ0) is 13.8. The Morgan fingerprint density at radius 3 is 2.79 bits per heavy atom. The van der Waals surface area contributed by atoms with Gasteiger partial charge in [0, 0.05) is 26.8 Å². The van der Waals surface area contributed by atoms with Crippen LogP contribution in [-0.2, 0) is 13.1 Å². The summed E-state index contributed by atoms with van der Waals surface area (Å²) < 4.78 is 1.98. The number of anilines is 2. The molecule has 0 saturated heterocycles. The molecule has 1 aromatic heterocycles. The standard InChI is InChI=1S/C14H19ClN4/c1-4-19-11(8-9-17-19)10-16-13-7-5-6-12(15)14(13)18(2)3/h5-9,16H,4,10H2,1-3H3. The van der Waals surface area contributed by atoms with Crippen LogP contribution in [-0.4, -0.2) is 23.9 Å². The van der Waals surface area contributed by atoms with Gasteiger partial charge in [0.1, 0.15) is 0 Å². The number of aromatic nitrogens is 2. The highest BCUT2D eigenvalue weighted by atomic mass is 35.5. The van der Waals surface area contributed by atoms with E-state index >= 15 is 0 Å². The molecular formula is C14H19ClN4. The lowest BCUT2D eigenvalue weighted by molar-refractivity contribution is 0.627. The Morgan fingerprint density at radius 1 is 1.32 bits per heavy atom. The number of benzene rings is 1. The zero-order valence-corrected chi connectivity index (χ0v) is 12.3. The van der Waals surface area contributed by atoms with Crippen LogP contribution >= 0.6 is 11.6 Å². The second kappa shape index (κ2) is 5.97. The van der Waals surface area contributed by atoms with Gasteiger partial charge in [0.15, 0.2) is 0 Å². The van der Waals surface area contributed by atoms with E-state index in [4.69, 9.17) is 11.6 Å². The summed E-state index contributed by atoms with van der Waals surface area (Å²) in [7, 11) is 3.98. The first-order valence-electron chi connectivity index (χ1n) is 6.34. The molecule has 0 saturated carbocycles. The lowest BCUT2D eigenvalue weighted by Crippen LogP contribution is -2.14. The van der Waals surface area contributed by atoms with Gasteiger partial charge in [-0.15, -0.1) is 0 Å². The van der Waals surface area contributed by atoms with E-state index in [1.807, 2.05) is 54.1 Å². The van der Waals surface area contributed by atoms with E-state index in [1.165, 1.54) is 0 Å². The topological polar surface area (TPSA) is 33.1 Å². The van der Waals surface area contributed by atoms with Crippen molar-refractivity contribution < 1.29 is 0 Å². The Hall–Kier alpha value is -1.68.